The summed E-state index contributed by atoms with van der Waals surface area (Å²) in [6.07, 6.45) is 12.4. The number of anilines is 3. The molecule has 0 fully saturated rings. The van der Waals surface area contributed by atoms with Crippen LogP contribution < -0.4 is 45.9 Å². The predicted octanol–water partition coefficient (Wildman–Crippen LogP) is 9.26. The summed E-state index contributed by atoms with van der Waals surface area (Å²) < 4.78 is 13.1. The van der Waals surface area contributed by atoms with Crippen LogP contribution in [0.15, 0.2) is 112 Å². The van der Waals surface area contributed by atoms with Gasteiger partial charge in [-0.05, 0) is 137 Å². The van der Waals surface area contributed by atoms with Gasteiger partial charge in [0.2, 0.25) is 5.28 Å². The molecule has 0 aliphatic heterocycles. The molecule has 0 aromatic carbocycles. The van der Waals surface area contributed by atoms with Gasteiger partial charge in [-0.2, -0.15) is 9.80 Å². The van der Waals surface area contributed by atoms with Gasteiger partial charge in [-0.1, -0.05) is 40.9 Å². The molecule has 64 heavy (non-hydrogen) atoms. The first-order valence-electron chi connectivity index (χ1n) is 17.3. The Bertz CT molecular complexity index is 2400. The number of pyridine rings is 3. The maximum atomic E-state index is 12.8. The molecule has 0 aliphatic carbocycles. The minimum absolute atomic E-state index is 0. The van der Waals surface area contributed by atoms with Crippen molar-refractivity contribution in [1.82, 2.24) is 44.9 Å². The number of halogens is 7. The molecule has 0 bridgehead atoms. The Morgan fingerprint density at radius 2 is 0.953 bits per heavy atom. The first-order chi connectivity index (χ1) is 29.4. The van der Waals surface area contributed by atoms with E-state index in [0.29, 0.717) is 46.7 Å². The Kier molecular flexibility index (Phi) is 24.7. The number of imide groups is 1. The third-order valence-corrected chi connectivity index (χ3v) is 11.3. The molecular formula is C37H34Br3Cl4N12NaO4S3. The fourth-order valence-corrected chi connectivity index (χ4v) is 6.65. The molecule has 6 rings (SSSR count). The molecular weight excluding hydrogens is 1180 g/mol. The Morgan fingerprint density at radius 1 is 0.594 bits per heavy atom. The number of hydrogen-bond donors (Lipinski definition) is 2. The van der Waals surface area contributed by atoms with Gasteiger partial charge in [0.05, 0.1) is 28.5 Å². The molecule has 0 unspecified atom stereocenters. The van der Waals surface area contributed by atoms with E-state index in [1.807, 2.05) is 0 Å². The van der Waals surface area contributed by atoms with Crippen molar-refractivity contribution in [3.05, 3.63) is 108 Å². The van der Waals surface area contributed by atoms with Gasteiger partial charge >= 0.3 is 41.7 Å². The summed E-state index contributed by atoms with van der Waals surface area (Å²) in [5.74, 6) is 0.496. The molecule has 334 valence electrons. The quantitative estimate of drug-likeness (QED) is 0.0932. The summed E-state index contributed by atoms with van der Waals surface area (Å²) >= 11 is 40.5. The fourth-order valence-electron chi connectivity index (χ4n) is 3.67. The standard InChI is InChI=1S/C19H22BrClN4O4S.C9H6BrClN4S.C5H5ClN2S.C4H2BrClN2.Na/c1-18(2,3)28-16(26)25(17(27)29-19(4,5)6)14-13(21)12(7-8-22-14)30-15-23-9-11(20)10-24-15;10-5-3-14-9(15-4-5)16-6-1-2-13-8(12)7(6)11;6-4-3(9)1-2-8-5(4)7;5-3-1-7-4(6)8-2-3;/h7-10H,1-6H3;1-4H,(H2,12,13);1-2H,(H3,7,8,9);1-2H;/q;;;;+1/p-1. The van der Waals surface area contributed by atoms with E-state index in [2.05, 4.69) is 92.6 Å². The second-order valence-electron chi connectivity index (χ2n) is 13.5. The number of ether oxygens (including phenoxy) is 2. The van der Waals surface area contributed by atoms with Crippen molar-refractivity contribution in [2.45, 2.75) is 77.7 Å². The van der Waals surface area contributed by atoms with E-state index < -0.39 is 23.4 Å². The van der Waals surface area contributed by atoms with Gasteiger partial charge in [0.25, 0.3) is 0 Å². The summed E-state index contributed by atoms with van der Waals surface area (Å²) in [6.45, 7) is 10.1. The molecule has 2 amide bonds. The number of rotatable bonds is 5. The molecule has 6 aromatic rings. The van der Waals surface area contributed by atoms with Crippen LogP contribution in [0.2, 0.25) is 20.4 Å². The van der Waals surface area contributed by atoms with Crippen LogP contribution in [0, 0.1) is 0 Å². The Hall–Kier alpha value is -2.45. The Balaban J connectivity index is 0.000000341. The number of carbonyl (C=O) groups excluding carboxylic acids is 2. The number of nitrogen functional groups attached to an aromatic ring is 2. The van der Waals surface area contributed by atoms with E-state index >= 15 is 0 Å². The molecule has 6 heterocycles. The molecule has 0 saturated heterocycles. The number of nitrogens with zero attached hydrogens (tertiary/aromatic N) is 10. The van der Waals surface area contributed by atoms with Crippen molar-refractivity contribution >= 4 is 160 Å². The first-order valence-corrected chi connectivity index (χ1v) is 23.2. The number of carbonyl (C=O) groups is 2. The van der Waals surface area contributed by atoms with Gasteiger partial charge in [0.1, 0.15) is 22.8 Å². The van der Waals surface area contributed by atoms with Crippen LogP contribution in [0.25, 0.3) is 0 Å². The molecule has 0 saturated carbocycles. The number of aromatic nitrogens is 9. The van der Waals surface area contributed by atoms with Crippen LogP contribution in [-0.2, 0) is 22.1 Å². The van der Waals surface area contributed by atoms with E-state index in [0.717, 1.165) is 30.1 Å². The van der Waals surface area contributed by atoms with Gasteiger partial charge in [0.15, 0.2) is 16.1 Å². The van der Waals surface area contributed by atoms with E-state index in [1.54, 1.807) is 103 Å². The molecule has 0 aliphatic rings. The molecule has 0 radical (unpaired) electrons. The summed E-state index contributed by atoms with van der Waals surface area (Å²) in [4.78, 5) is 63.9. The molecule has 4 N–H and O–H groups in total. The second-order valence-corrected chi connectivity index (χ2v) is 20.2. The maximum absolute atomic E-state index is 12.8. The van der Waals surface area contributed by atoms with Crippen molar-refractivity contribution in [3.63, 3.8) is 0 Å². The second kappa shape index (κ2) is 27.4. The predicted molar refractivity (Wildman–Crippen MR) is 260 cm³/mol. The van der Waals surface area contributed by atoms with Crippen LogP contribution in [0.5, 0.6) is 0 Å². The monoisotopic (exact) mass is 1210 g/mol. The normalized spacial score (nSPS) is 10.6. The van der Waals surface area contributed by atoms with Gasteiger partial charge in [-0.15, -0.1) is 0 Å². The summed E-state index contributed by atoms with van der Waals surface area (Å²) in [7, 11) is 0. The van der Waals surface area contributed by atoms with Crippen LogP contribution in [0.4, 0.5) is 27.0 Å². The zero-order valence-electron chi connectivity index (χ0n) is 34.6. The average Bonchev–Trinajstić information content (AvgIpc) is 3.19. The topological polar surface area (TPSA) is 224 Å². The number of hydrogen-bond acceptors (Lipinski definition) is 18. The van der Waals surface area contributed by atoms with Crippen LogP contribution in [0.1, 0.15) is 41.5 Å². The summed E-state index contributed by atoms with van der Waals surface area (Å²) in [5, 5.41) is 2.17. The largest absolute Gasteiger partial charge is 1.00 e. The van der Waals surface area contributed by atoms with E-state index in [4.69, 9.17) is 80.0 Å². The number of amides is 2. The van der Waals surface area contributed by atoms with Gasteiger partial charge in [-0.25, -0.2) is 54.4 Å². The maximum Gasteiger partial charge on any atom is 1.00 e. The molecule has 0 atom stereocenters. The van der Waals surface area contributed by atoms with E-state index in [1.165, 1.54) is 24.2 Å². The number of nitrogens with two attached hydrogens (primary N) is 2. The third kappa shape index (κ3) is 20.6. The third-order valence-electron chi connectivity index (χ3n) is 6.15. The Morgan fingerprint density at radius 3 is 1.33 bits per heavy atom. The molecule has 0 spiro atoms. The smallest absolute Gasteiger partial charge is 0.778 e. The van der Waals surface area contributed by atoms with Crippen molar-refractivity contribution in [1.29, 1.82) is 0 Å². The summed E-state index contributed by atoms with van der Waals surface area (Å²) in [5.41, 5.74) is 9.21. The Labute approximate surface area is 450 Å². The minimum Gasteiger partial charge on any atom is -0.778 e. The fraction of sp³-hybridized carbons (Fsp3) is 0.216. The van der Waals surface area contributed by atoms with Crippen molar-refractivity contribution in [3.8, 4) is 0 Å². The zero-order chi connectivity index (χ0) is 47.1. The van der Waals surface area contributed by atoms with Crippen LogP contribution in [-0.4, -0.2) is 68.2 Å². The van der Waals surface area contributed by atoms with Gasteiger partial charge < -0.3 is 33.6 Å². The zero-order valence-corrected chi connectivity index (χ0v) is 46.8. The average molecular weight is 1210 g/mol. The van der Waals surface area contributed by atoms with Gasteiger partial charge in [-0.3, -0.25) is 0 Å². The van der Waals surface area contributed by atoms with Gasteiger partial charge in [0, 0.05) is 65.6 Å². The molecule has 16 nitrogen and oxygen atoms in total. The van der Waals surface area contributed by atoms with Crippen molar-refractivity contribution in [2.75, 3.05) is 16.4 Å². The SMILES string of the molecule is CC(C)(C)OC(=O)N(C(=O)OC(C)(C)C)c1nccc(Sc2ncc(Br)cn2)c1Cl.Clc1ncc(Br)cn1.Nc1nccc(Sc2ncc(Br)cn2)c1Cl.Nc1nccc([S-])c1Cl.[Na+]. The van der Waals surface area contributed by atoms with Crippen molar-refractivity contribution < 1.29 is 48.6 Å². The molecule has 6 aromatic heterocycles. The van der Waals surface area contributed by atoms with E-state index in [-0.39, 0.29) is 45.7 Å². The minimum atomic E-state index is -0.951. The van der Waals surface area contributed by atoms with Crippen molar-refractivity contribution in [2.24, 2.45) is 0 Å². The van der Waals surface area contributed by atoms with Crippen LogP contribution >= 0.6 is 118 Å². The van der Waals surface area contributed by atoms with E-state index in [9.17, 15) is 9.59 Å². The first kappa shape index (κ1) is 57.7. The molecule has 27 heteroatoms. The van der Waals surface area contributed by atoms with Crippen LogP contribution in [0.3, 0.4) is 0 Å². The summed E-state index contributed by atoms with van der Waals surface area (Å²) in [6, 6.07) is 5.03.